The number of anilines is 2. The van der Waals surface area contributed by atoms with E-state index >= 15 is 0 Å². The summed E-state index contributed by atoms with van der Waals surface area (Å²) >= 11 is 0. The Morgan fingerprint density at radius 3 is 1.89 bits per heavy atom. The SMILES string of the molecule is O=[N+]([O-])c1ccc(C2=NN(c3ccccc3)CN(c3ccccc3)[N]2)cc1. The number of nitrogens with zero attached hydrogens (tertiary/aromatic N) is 5. The molecule has 27 heavy (non-hydrogen) atoms. The first-order valence-corrected chi connectivity index (χ1v) is 8.41. The second-order valence-corrected chi connectivity index (χ2v) is 5.94. The van der Waals surface area contributed by atoms with Gasteiger partial charge in [-0.1, -0.05) is 36.4 Å². The minimum absolute atomic E-state index is 0.0370. The quantitative estimate of drug-likeness (QED) is 0.526. The van der Waals surface area contributed by atoms with Gasteiger partial charge in [0, 0.05) is 17.7 Å². The Kier molecular flexibility index (Phi) is 4.40. The molecule has 3 aromatic rings. The molecule has 3 aromatic carbocycles. The van der Waals surface area contributed by atoms with Crippen LogP contribution in [0.5, 0.6) is 0 Å². The Hall–Kier alpha value is -3.87. The van der Waals surface area contributed by atoms with E-state index in [1.165, 1.54) is 12.1 Å². The Bertz CT molecular complexity index is 959. The molecule has 1 aliphatic rings. The average Bonchev–Trinajstić information content (AvgIpc) is 2.75. The van der Waals surface area contributed by atoms with Crippen LogP contribution >= 0.6 is 0 Å². The van der Waals surface area contributed by atoms with Crippen molar-refractivity contribution in [3.63, 3.8) is 0 Å². The largest absolute Gasteiger partial charge is 0.269 e. The highest BCUT2D eigenvalue weighted by molar-refractivity contribution is 6.00. The fourth-order valence-corrected chi connectivity index (χ4v) is 2.77. The molecule has 0 aromatic heterocycles. The number of para-hydroxylation sites is 2. The number of nitro benzene ring substituents is 1. The van der Waals surface area contributed by atoms with Gasteiger partial charge < -0.3 is 0 Å². The maximum Gasteiger partial charge on any atom is 0.269 e. The lowest BCUT2D eigenvalue weighted by Crippen LogP contribution is -2.48. The van der Waals surface area contributed by atoms with Crippen molar-refractivity contribution in [2.75, 3.05) is 16.7 Å². The van der Waals surface area contributed by atoms with Gasteiger partial charge in [-0.25, -0.2) is 10.0 Å². The predicted molar refractivity (Wildman–Crippen MR) is 104 cm³/mol. The minimum atomic E-state index is -0.420. The highest BCUT2D eigenvalue weighted by Crippen LogP contribution is 2.23. The second-order valence-electron chi connectivity index (χ2n) is 5.94. The fourth-order valence-electron chi connectivity index (χ4n) is 2.77. The Morgan fingerprint density at radius 1 is 0.778 bits per heavy atom. The van der Waals surface area contributed by atoms with Crippen LogP contribution in [0, 0.1) is 10.1 Å². The van der Waals surface area contributed by atoms with Crippen LogP contribution in [-0.2, 0) is 0 Å². The molecule has 0 saturated heterocycles. The maximum absolute atomic E-state index is 10.9. The Balaban J connectivity index is 1.71. The summed E-state index contributed by atoms with van der Waals surface area (Å²) in [5, 5.41) is 19.3. The Labute approximate surface area is 156 Å². The van der Waals surface area contributed by atoms with Gasteiger partial charge in [0.15, 0.2) is 5.84 Å². The summed E-state index contributed by atoms with van der Waals surface area (Å²) in [6.45, 7) is 0.463. The van der Waals surface area contributed by atoms with Crippen molar-refractivity contribution in [2.24, 2.45) is 5.10 Å². The molecule has 0 N–H and O–H groups in total. The first-order valence-electron chi connectivity index (χ1n) is 8.41. The van der Waals surface area contributed by atoms with Crippen molar-refractivity contribution in [3.05, 3.63) is 101 Å². The molecule has 0 unspecified atom stereocenters. The molecule has 1 radical (unpaired) electrons. The van der Waals surface area contributed by atoms with Gasteiger partial charge in [0.2, 0.25) is 0 Å². The predicted octanol–water partition coefficient (Wildman–Crippen LogP) is 3.76. The minimum Gasteiger partial charge on any atom is -0.258 e. The van der Waals surface area contributed by atoms with E-state index < -0.39 is 4.92 Å². The van der Waals surface area contributed by atoms with Crippen LogP contribution in [0.4, 0.5) is 17.1 Å². The van der Waals surface area contributed by atoms with Crippen LogP contribution in [0.25, 0.3) is 0 Å². The smallest absolute Gasteiger partial charge is 0.258 e. The van der Waals surface area contributed by atoms with Crippen molar-refractivity contribution >= 4 is 22.9 Å². The van der Waals surface area contributed by atoms with Crippen molar-refractivity contribution < 1.29 is 4.92 Å². The van der Waals surface area contributed by atoms with E-state index in [0.29, 0.717) is 18.1 Å². The summed E-state index contributed by atoms with van der Waals surface area (Å²) in [5.41, 5.74) is 7.27. The summed E-state index contributed by atoms with van der Waals surface area (Å²) in [5.74, 6) is 0.490. The summed E-state index contributed by atoms with van der Waals surface area (Å²) in [7, 11) is 0. The van der Waals surface area contributed by atoms with E-state index in [9.17, 15) is 10.1 Å². The first-order chi connectivity index (χ1) is 13.2. The fraction of sp³-hybridized carbons (Fsp3) is 0.0500. The van der Waals surface area contributed by atoms with Gasteiger partial charge in [0.25, 0.3) is 5.69 Å². The van der Waals surface area contributed by atoms with Crippen LogP contribution in [0.1, 0.15) is 5.56 Å². The van der Waals surface area contributed by atoms with E-state index in [1.807, 2.05) is 70.7 Å². The van der Waals surface area contributed by atoms with Gasteiger partial charge in [-0.3, -0.25) is 10.1 Å². The number of hydrogen-bond donors (Lipinski definition) is 0. The van der Waals surface area contributed by atoms with E-state index in [1.54, 1.807) is 12.1 Å². The number of hydrazone groups is 1. The van der Waals surface area contributed by atoms with Crippen molar-refractivity contribution in [3.8, 4) is 0 Å². The van der Waals surface area contributed by atoms with Crippen molar-refractivity contribution in [1.82, 2.24) is 5.43 Å². The number of amidine groups is 1. The summed E-state index contributed by atoms with van der Waals surface area (Å²) < 4.78 is 0. The highest BCUT2D eigenvalue weighted by Gasteiger charge is 2.23. The van der Waals surface area contributed by atoms with Crippen LogP contribution in [0.2, 0.25) is 0 Å². The van der Waals surface area contributed by atoms with Gasteiger partial charge >= 0.3 is 0 Å². The summed E-state index contributed by atoms with van der Waals surface area (Å²) in [6, 6.07) is 25.9. The normalized spacial score (nSPS) is 13.7. The van der Waals surface area contributed by atoms with Crippen LogP contribution in [0.15, 0.2) is 90.0 Å². The second kappa shape index (κ2) is 7.17. The maximum atomic E-state index is 10.9. The van der Waals surface area contributed by atoms with Crippen LogP contribution in [0.3, 0.4) is 0 Å². The van der Waals surface area contributed by atoms with Crippen molar-refractivity contribution in [1.29, 1.82) is 0 Å². The third-order valence-corrected chi connectivity index (χ3v) is 4.14. The molecule has 0 amide bonds. The third kappa shape index (κ3) is 3.57. The van der Waals surface area contributed by atoms with Gasteiger partial charge in [0.1, 0.15) is 6.67 Å². The molecule has 0 bridgehead atoms. The molecule has 0 saturated carbocycles. The molecule has 0 aliphatic carbocycles. The van der Waals surface area contributed by atoms with Gasteiger partial charge in [-0.15, -0.1) is 10.5 Å². The molecule has 7 heteroatoms. The molecule has 0 spiro atoms. The monoisotopic (exact) mass is 358 g/mol. The highest BCUT2D eigenvalue weighted by atomic mass is 16.6. The molecule has 1 aliphatic heterocycles. The molecular formula is C20H16N5O2. The zero-order chi connectivity index (χ0) is 18.6. The number of hydrogen-bond acceptors (Lipinski definition) is 5. The number of rotatable bonds is 4. The van der Waals surface area contributed by atoms with E-state index in [0.717, 1.165) is 11.4 Å². The average molecular weight is 358 g/mol. The molecule has 0 fully saturated rings. The van der Waals surface area contributed by atoms with Crippen LogP contribution in [-0.4, -0.2) is 17.4 Å². The molecule has 1 heterocycles. The standard InChI is InChI=1S/C20H16N5O2/c26-25(27)19-13-11-16(12-14-19)20-21-23(17-7-3-1-4-8-17)15-24(22-20)18-9-5-2-6-10-18/h1-14H,15H2. The molecule has 4 rings (SSSR count). The molecule has 133 valence electrons. The molecule has 7 nitrogen and oxygen atoms in total. The lowest BCUT2D eigenvalue weighted by molar-refractivity contribution is -0.384. The van der Waals surface area contributed by atoms with Gasteiger partial charge in [-0.2, -0.15) is 0 Å². The number of benzene rings is 3. The van der Waals surface area contributed by atoms with E-state index in [4.69, 9.17) is 0 Å². The molecule has 0 atom stereocenters. The molecular weight excluding hydrogens is 342 g/mol. The van der Waals surface area contributed by atoms with E-state index in [2.05, 4.69) is 10.5 Å². The first kappa shape index (κ1) is 16.6. The summed E-state index contributed by atoms with van der Waals surface area (Å²) in [4.78, 5) is 10.5. The van der Waals surface area contributed by atoms with Crippen LogP contribution < -0.4 is 15.4 Å². The topological polar surface area (TPSA) is 76.1 Å². The summed E-state index contributed by atoms with van der Waals surface area (Å²) in [6.07, 6.45) is 0. The zero-order valence-corrected chi connectivity index (χ0v) is 14.3. The van der Waals surface area contributed by atoms with Gasteiger partial charge in [-0.05, 0) is 36.4 Å². The zero-order valence-electron chi connectivity index (χ0n) is 14.3. The Morgan fingerprint density at radius 2 is 1.33 bits per heavy atom. The number of non-ortho nitro benzene ring substituents is 1. The third-order valence-electron chi connectivity index (χ3n) is 4.14. The lowest BCUT2D eigenvalue weighted by Gasteiger charge is -2.34. The lowest BCUT2D eigenvalue weighted by atomic mass is 10.2. The van der Waals surface area contributed by atoms with Gasteiger partial charge in [0.05, 0.1) is 16.3 Å². The van der Waals surface area contributed by atoms with E-state index in [-0.39, 0.29) is 5.69 Å². The number of nitro groups is 1. The van der Waals surface area contributed by atoms with Crippen molar-refractivity contribution in [2.45, 2.75) is 0 Å².